The summed E-state index contributed by atoms with van der Waals surface area (Å²) in [5.41, 5.74) is -4.18. The quantitative estimate of drug-likeness (QED) is 0.787. The third-order valence-electron chi connectivity index (χ3n) is 0.981. The van der Waals surface area contributed by atoms with Gasteiger partial charge in [-0.15, -0.1) is 10.2 Å². The zero-order valence-electron chi connectivity index (χ0n) is 5.80. The molecule has 0 aliphatic heterocycles. The number of alkyl halides is 3. The highest BCUT2D eigenvalue weighted by atomic mass is 32.2. The number of tetrazole rings is 1. The summed E-state index contributed by atoms with van der Waals surface area (Å²) in [5.74, 6) is 0.218. The van der Waals surface area contributed by atoms with Gasteiger partial charge in [0.1, 0.15) is 0 Å². The monoisotopic (exact) mass is 198 g/mol. The molecule has 0 fully saturated rings. The highest BCUT2D eigenvalue weighted by molar-refractivity contribution is 8.00. The molecule has 0 aromatic carbocycles. The summed E-state index contributed by atoms with van der Waals surface area (Å²) in [6, 6.07) is 0. The number of nitrogens with zero attached hydrogens (tertiary/aromatic N) is 3. The van der Waals surface area contributed by atoms with E-state index in [1.54, 1.807) is 0 Å². The van der Waals surface area contributed by atoms with Gasteiger partial charge in [-0.2, -0.15) is 18.4 Å². The largest absolute Gasteiger partial charge is 0.441 e. The number of H-pyrrole nitrogens is 1. The van der Waals surface area contributed by atoms with Crippen LogP contribution >= 0.6 is 11.8 Å². The molecule has 0 bridgehead atoms. The molecule has 0 aliphatic carbocycles. The van der Waals surface area contributed by atoms with Crippen molar-refractivity contribution in [1.82, 2.24) is 20.6 Å². The number of thioether (sulfide) groups is 1. The molecule has 1 N–H and O–H groups in total. The summed E-state index contributed by atoms with van der Waals surface area (Å²) in [5, 5.41) is 12.4. The van der Waals surface area contributed by atoms with Gasteiger partial charge in [0.25, 0.3) is 0 Å². The van der Waals surface area contributed by atoms with Crippen LogP contribution in [0.2, 0.25) is 0 Å². The van der Waals surface area contributed by atoms with E-state index in [0.29, 0.717) is 5.82 Å². The second kappa shape index (κ2) is 3.74. The highest BCUT2D eigenvalue weighted by Gasteiger charge is 2.27. The number of rotatable bonds is 3. The summed E-state index contributed by atoms with van der Waals surface area (Å²) in [6.45, 7) is 0. The predicted molar refractivity (Wildman–Crippen MR) is 36.4 cm³/mol. The molecule has 8 heteroatoms. The van der Waals surface area contributed by atoms with E-state index in [1.165, 1.54) is 0 Å². The van der Waals surface area contributed by atoms with E-state index in [9.17, 15) is 13.2 Å². The minimum atomic E-state index is -4.18. The smallest absolute Gasteiger partial charge is 0.177 e. The topological polar surface area (TPSA) is 54.5 Å². The Morgan fingerprint density at radius 1 is 1.42 bits per heavy atom. The number of aromatic nitrogens is 4. The molecule has 0 saturated heterocycles. The second-order valence-corrected chi connectivity index (χ2v) is 3.03. The van der Waals surface area contributed by atoms with Crippen LogP contribution in [0.5, 0.6) is 0 Å². The van der Waals surface area contributed by atoms with Gasteiger partial charge in [-0.3, -0.25) is 0 Å². The van der Waals surface area contributed by atoms with E-state index in [1.807, 2.05) is 0 Å². The molecule has 0 aliphatic rings. The SMILES string of the molecule is FC(F)(F)SCCc1nn[nH]n1. The average Bonchev–Trinajstić information content (AvgIpc) is 2.36. The lowest BCUT2D eigenvalue weighted by Gasteiger charge is -2.02. The van der Waals surface area contributed by atoms with Crippen molar-refractivity contribution in [2.24, 2.45) is 0 Å². The summed E-state index contributed by atoms with van der Waals surface area (Å²) in [4.78, 5) is 0. The molecule has 1 heterocycles. The van der Waals surface area contributed by atoms with Crippen LogP contribution in [0.1, 0.15) is 5.82 Å². The second-order valence-electron chi connectivity index (χ2n) is 1.87. The van der Waals surface area contributed by atoms with Gasteiger partial charge in [0, 0.05) is 12.2 Å². The summed E-state index contributed by atoms with van der Waals surface area (Å²) < 4.78 is 34.7. The summed E-state index contributed by atoms with van der Waals surface area (Å²) in [6.07, 6.45) is 0.167. The van der Waals surface area contributed by atoms with E-state index in [-0.39, 0.29) is 23.9 Å². The first-order valence-electron chi connectivity index (χ1n) is 3.01. The molecule has 1 aromatic rings. The van der Waals surface area contributed by atoms with Gasteiger partial charge in [-0.05, 0) is 0 Å². The molecule has 68 valence electrons. The van der Waals surface area contributed by atoms with Crippen molar-refractivity contribution in [1.29, 1.82) is 0 Å². The molecule has 1 aromatic heterocycles. The fourth-order valence-electron chi connectivity index (χ4n) is 0.546. The Labute approximate surface area is 69.9 Å². The first-order valence-corrected chi connectivity index (χ1v) is 3.99. The Hall–Kier alpha value is -0.790. The minimum Gasteiger partial charge on any atom is -0.177 e. The van der Waals surface area contributed by atoms with Crippen molar-refractivity contribution in [3.05, 3.63) is 5.82 Å². The number of nitrogens with one attached hydrogen (secondary N) is 1. The lowest BCUT2D eigenvalue weighted by atomic mass is 10.5. The van der Waals surface area contributed by atoms with Crippen LogP contribution in [0.15, 0.2) is 0 Å². The minimum absolute atomic E-state index is 0.0803. The van der Waals surface area contributed by atoms with Crippen LogP contribution < -0.4 is 0 Å². The zero-order chi connectivity index (χ0) is 9.03. The van der Waals surface area contributed by atoms with Gasteiger partial charge in [-0.1, -0.05) is 17.0 Å². The summed E-state index contributed by atoms with van der Waals surface area (Å²) >= 11 is -0.0899. The Morgan fingerprint density at radius 3 is 2.67 bits per heavy atom. The molecular formula is C4H5F3N4S. The van der Waals surface area contributed by atoms with Gasteiger partial charge in [0.15, 0.2) is 5.82 Å². The number of aromatic amines is 1. The summed E-state index contributed by atoms with van der Waals surface area (Å²) in [7, 11) is 0. The number of halogens is 3. The van der Waals surface area contributed by atoms with Gasteiger partial charge in [0.05, 0.1) is 0 Å². The third-order valence-corrected chi connectivity index (χ3v) is 1.72. The van der Waals surface area contributed by atoms with E-state index in [0.717, 1.165) is 0 Å². The fourth-order valence-corrected chi connectivity index (χ4v) is 1.06. The van der Waals surface area contributed by atoms with Crippen LogP contribution in [0.4, 0.5) is 13.2 Å². The number of hydrogen-bond acceptors (Lipinski definition) is 4. The van der Waals surface area contributed by atoms with E-state index in [4.69, 9.17) is 0 Å². The van der Waals surface area contributed by atoms with E-state index < -0.39 is 5.51 Å². The van der Waals surface area contributed by atoms with Crippen LogP contribution in [0.25, 0.3) is 0 Å². The molecule has 0 radical (unpaired) electrons. The maximum absolute atomic E-state index is 11.6. The molecule has 12 heavy (non-hydrogen) atoms. The van der Waals surface area contributed by atoms with Crippen molar-refractivity contribution in [2.75, 3.05) is 5.75 Å². The average molecular weight is 198 g/mol. The molecular weight excluding hydrogens is 193 g/mol. The molecule has 0 spiro atoms. The molecule has 4 nitrogen and oxygen atoms in total. The Morgan fingerprint density at radius 2 is 2.17 bits per heavy atom. The third kappa shape index (κ3) is 3.56. The van der Waals surface area contributed by atoms with Crippen LogP contribution in [-0.2, 0) is 6.42 Å². The van der Waals surface area contributed by atoms with Crippen LogP contribution in [0, 0.1) is 0 Å². The van der Waals surface area contributed by atoms with Crippen molar-refractivity contribution >= 4 is 11.8 Å². The first kappa shape index (κ1) is 9.30. The highest BCUT2D eigenvalue weighted by Crippen LogP contribution is 2.30. The van der Waals surface area contributed by atoms with E-state index >= 15 is 0 Å². The van der Waals surface area contributed by atoms with Gasteiger partial charge >= 0.3 is 5.51 Å². The Kier molecular flexibility index (Phi) is 2.90. The standard InChI is InChI=1S/C4H5F3N4S/c5-4(6,7)12-2-1-3-8-10-11-9-3/h1-2H2,(H,8,9,10,11). The van der Waals surface area contributed by atoms with Crippen LogP contribution in [-0.4, -0.2) is 31.9 Å². The van der Waals surface area contributed by atoms with E-state index in [2.05, 4.69) is 20.6 Å². The molecule has 1 rings (SSSR count). The molecule has 0 atom stereocenters. The van der Waals surface area contributed by atoms with Crippen molar-refractivity contribution in [2.45, 2.75) is 11.9 Å². The lowest BCUT2D eigenvalue weighted by Crippen LogP contribution is -2.03. The van der Waals surface area contributed by atoms with Crippen molar-refractivity contribution in [3.63, 3.8) is 0 Å². The number of hydrogen-bond donors (Lipinski definition) is 1. The molecule has 0 saturated carbocycles. The molecule has 0 amide bonds. The predicted octanol–water partition coefficient (Wildman–Crippen LogP) is 0.995. The van der Waals surface area contributed by atoms with Crippen molar-refractivity contribution in [3.8, 4) is 0 Å². The zero-order valence-corrected chi connectivity index (χ0v) is 6.61. The first-order chi connectivity index (χ1) is 5.58. The molecule has 0 unspecified atom stereocenters. The van der Waals surface area contributed by atoms with Gasteiger partial charge in [0.2, 0.25) is 0 Å². The Balaban J connectivity index is 2.20. The fraction of sp³-hybridized carbons (Fsp3) is 0.750. The lowest BCUT2D eigenvalue weighted by molar-refractivity contribution is -0.0327. The van der Waals surface area contributed by atoms with Gasteiger partial charge < -0.3 is 0 Å². The number of aryl methyl sites for hydroxylation is 1. The normalized spacial score (nSPS) is 11.9. The van der Waals surface area contributed by atoms with Crippen LogP contribution in [0.3, 0.4) is 0 Å². The van der Waals surface area contributed by atoms with Gasteiger partial charge in [-0.25, -0.2) is 0 Å². The maximum Gasteiger partial charge on any atom is 0.441 e. The van der Waals surface area contributed by atoms with Crippen molar-refractivity contribution < 1.29 is 13.2 Å². The Bertz CT molecular complexity index is 221. The maximum atomic E-state index is 11.6.